The van der Waals surface area contributed by atoms with Crippen molar-refractivity contribution in [1.29, 1.82) is 0 Å². The van der Waals surface area contributed by atoms with E-state index in [1.807, 2.05) is 60.9 Å². The average molecular weight is 517 g/mol. The molecule has 0 amide bonds. The lowest BCUT2D eigenvalue weighted by Gasteiger charge is -2.11. The van der Waals surface area contributed by atoms with Crippen molar-refractivity contribution in [2.45, 2.75) is 6.92 Å². The smallest absolute Gasteiger partial charge is 0.123 e. The number of fused-ring (bicyclic) bond motifs is 2. The molecule has 0 saturated heterocycles. The predicted molar refractivity (Wildman–Crippen MR) is 166 cm³/mol. The van der Waals surface area contributed by atoms with E-state index in [-0.39, 0.29) is 0 Å². The summed E-state index contributed by atoms with van der Waals surface area (Å²) in [5.74, 6) is 0.328. The Labute approximate surface area is 234 Å². The van der Waals surface area contributed by atoms with Gasteiger partial charge in [0.05, 0.1) is 11.4 Å². The molecule has 0 bridgehead atoms. The summed E-state index contributed by atoms with van der Waals surface area (Å²) in [5.41, 5.74) is 7.39. The highest BCUT2D eigenvalue weighted by Crippen LogP contribution is 2.33. The number of rotatable bonds is 3. The molecular formula is C37H28N2O. The number of nitrogens with zero attached hydrogens (tertiary/aromatic N) is 2. The van der Waals surface area contributed by atoms with Crippen molar-refractivity contribution in [3.8, 4) is 39.4 Å². The van der Waals surface area contributed by atoms with Crippen molar-refractivity contribution in [2.75, 3.05) is 0 Å². The number of aromatic hydroxyl groups is 1. The third-order valence-corrected chi connectivity index (χ3v) is 6.96. The molecule has 1 N–H and O–H groups in total. The Morgan fingerprint density at radius 2 is 0.975 bits per heavy atom. The summed E-state index contributed by atoms with van der Waals surface area (Å²) in [4.78, 5) is 9.39. The van der Waals surface area contributed by atoms with Crippen LogP contribution in [-0.4, -0.2) is 15.1 Å². The summed E-state index contributed by atoms with van der Waals surface area (Å²) in [6.45, 7) is 2.13. The van der Waals surface area contributed by atoms with Crippen LogP contribution in [0.1, 0.15) is 5.56 Å². The van der Waals surface area contributed by atoms with Crippen LogP contribution in [0.2, 0.25) is 0 Å². The first-order valence-corrected chi connectivity index (χ1v) is 13.3. The van der Waals surface area contributed by atoms with Crippen LogP contribution >= 0.6 is 0 Å². The fraction of sp³-hybridized carbons (Fsp3) is 0.0270. The monoisotopic (exact) mass is 516 g/mol. The van der Waals surface area contributed by atoms with Gasteiger partial charge in [0.25, 0.3) is 0 Å². The fourth-order valence-corrected chi connectivity index (χ4v) is 5.09. The molecule has 5 aromatic carbocycles. The normalized spacial score (nSPS) is 10.7. The number of benzene rings is 5. The zero-order chi connectivity index (χ0) is 27.3. The summed E-state index contributed by atoms with van der Waals surface area (Å²) in [5, 5.41) is 14.3. The zero-order valence-corrected chi connectivity index (χ0v) is 22.2. The van der Waals surface area contributed by atoms with Gasteiger partial charge in [0.2, 0.25) is 0 Å². The molecule has 0 spiro atoms. The van der Waals surface area contributed by atoms with Crippen molar-refractivity contribution >= 4 is 21.5 Å². The Kier molecular flexibility index (Phi) is 7.02. The summed E-state index contributed by atoms with van der Waals surface area (Å²) >= 11 is 0. The van der Waals surface area contributed by atoms with Gasteiger partial charge in [-0.1, -0.05) is 97.1 Å². The van der Waals surface area contributed by atoms with E-state index >= 15 is 0 Å². The molecule has 192 valence electrons. The standard InChI is InChI=1S/C25H18N2.C12H10O/c1-17-14-20(24-22-8-4-2-6-18(22)10-12-26-24)16-21(15-17)25-23-9-5-3-7-19(23)11-13-27-25;13-12-9-5-4-8-11(12)10-6-2-1-3-7-10/h2-16H,1H3;1-9,13H. The minimum atomic E-state index is 0.328. The van der Waals surface area contributed by atoms with Crippen molar-refractivity contribution in [3.05, 3.63) is 151 Å². The van der Waals surface area contributed by atoms with Crippen LogP contribution in [0.5, 0.6) is 5.75 Å². The van der Waals surface area contributed by atoms with Crippen molar-refractivity contribution < 1.29 is 5.11 Å². The quantitative estimate of drug-likeness (QED) is 0.254. The highest BCUT2D eigenvalue weighted by atomic mass is 16.3. The molecule has 3 nitrogen and oxygen atoms in total. The highest BCUT2D eigenvalue weighted by Gasteiger charge is 2.11. The molecule has 7 aromatic rings. The zero-order valence-electron chi connectivity index (χ0n) is 22.2. The molecule has 0 fully saturated rings. The van der Waals surface area contributed by atoms with E-state index < -0.39 is 0 Å². The van der Waals surface area contributed by atoms with E-state index in [1.165, 1.54) is 27.1 Å². The lowest BCUT2D eigenvalue weighted by atomic mass is 9.97. The number of hydrogen-bond acceptors (Lipinski definition) is 3. The molecule has 0 aliphatic rings. The van der Waals surface area contributed by atoms with Gasteiger partial charge in [-0.15, -0.1) is 0 Å². The molecule has 0 unspecified atom stereocenters. The number of aryl methyl sites for hydroxylation is 1. The second-order valence-electron chi connectivity index (χ2n) is 9.73. The summed E-state index contributed by atoms with van der Waals surface area (Å²) in [6, 6.07) is 44.7. The minimum absolute atomic E-state index is 0.328. The number of aromatic nitrogens is 2. The summed E-state index contributed by atoms with van der Waals surface area (Å²) < 4.78 is 0. The number of hydrogen-bond donors (Lipinski definition) is 1. The fourth-order valence-electron chi connectivity index (χ4n) is 5.09. The maximum Gasteiger partial charge on any atom is 0.123 e. The van der Waals surface area contributed by atoms with Gasteiger partial charge in [0.1, 0.15) is 5.75 Å². The van der Waals surface area contributed by atoms with E-state index in [4.69, 9.17) is 9.97 Å². The van der Waals surface area contributed by atoms with Crippen LogP contribution < -0.4 is 0 Å². The van der Waals surface area contributed by atoms with Gasteiger partial charge in [-0.3, -0.25) is 9.97 Å². The Morgan fingerprint density at radius 1 is 0.475 bits per heavy atom. The molecule has 40 heavy (non-hydrogen) atoms. The Morgan fingerprint density at radius 3 is 1.55 bits per heavy atom. The van der Waals surface area contributed by atoms with Gasteiger partial charge in [-0.25, -0.2) is 0 Å². The molecule has 2 heterocycles. The molecule has 7 rings (SSSR count). The van der Waals surface area contributed by atoms with Crippen LogP contribution in [0.25, 0.3) is 55.2 Å². The molecular weight excluding hydrogens is 488 g/mol. The molecule has 0 saturated carbocycles. The van der Waals surface area contributed by atoms with Gasteiger partial charge in [-0.05, 0) is 65.2 Å². The second kappa shape index (κ2) is 11.2. The average Bonchev–Trinajstić information content (AvgIpc) is 3.01. The second-order valence-corrected chi connectivity index (χ2v) is 9.73. The van der Waals surface area contributed by atoms with Crippen LogP contribution in [-0.2, 0) is 0 Å². The minimum Gasteiger partial charge on any atom is -0.507 e. The predicted octanol–water partition coefficient (Wildman–Crippen LogP) is 9.48. The SMILES string of the molecule is Cc1cc(-c2nccc3ccccc23)cc(-c2nccc3ccccc23)c1.Oc1ccccc1-c1ccccc1. The van der Waals surface area contributed by atoms with E-state index in [0.717, 1.165) is 33.6 Å². The van der Waals surface area contributed by atoms with Crippen LogP contribution in [0.15, 0.2) is 146 Å². The van der Waals surface area contributed by atoms with Gasteiger partial charge in [0, 0.05) is 39.9 Å². The Hall–Kier alpha value is -5.28. The van der Waals surface area contributed by atoms with Crippen LogP contribution in [0, 0.1) is 6.92 Å². The molecule has 0 aliphatic carbocycles. The van der Waals surface area contributed by atoms with E-state index in [2.05, 4.69) is 85.8 Å². The van der Waals surface area contributed by atoms with Crippen molar-refractivity contribution in [1.82, 2.24) is 9.97 Å². The number of para-hydroxylation sites is 1. The maximum absolute atomic E-state index is 9.56. The molecule has 0 atom stereocenters. The lowest BCUT2D eigenvalue weighted by Crippen LogP contribution is -1.91. The summed E-state index contributed by atoms with van der Waals surface area (Å²) in [6.07, 6.45) is 3.77. The largest absolute Gasteiger partial charge is 0.507 e. The first-order chi connectivity index (χ1) is 19.7. The maximum atomic E-state index is 9.56. The third-order valence-electron chi connectivity index (χ3n) is 6.96. The van der Waals surface area contributed by atoms with Crippen molar-refractivity contribution in [2.24, 2.45) is 0 Å². The van der Waals surface area contributed by atoms with Crippen LogP contribution in [0.4, 0.5) is 0 Å². The number of pyridine rings is 2. The highest BCUT2D eigenvalue weighted by molar-refractivity contribution is 5.98. The molecule has 0 radical (unpaired) electrons. The molecule has 3 heteroatoms. The number of phenolic OH excluding ortho intramolecular Hbond substituents is 1. The van der Waals surface area contributed by atoms with Gasteiger partial charge in [0.15, 0.2) is 0 Å². The van der Waals surface area contributed by atoms with Crippen LogP contribution in [0.3, 0.4) is 0 Å². The first kappa shape index (κ1) is 25.0. The van der Waals surface area contributed by atoms with E-state index in [1.54, 1.807) is 6.07 Å². The van der Waals surface area contributed by atoms with Gasteiger partial charge < -0.3 is 5.11 Å². The van der Waals surface area contributed by atoms with Gasteiger partial charge in [-0.2, -0.15) is 0 Å². The molecule has 0 aliphatic heterocycles. The molecule has 2 aromatic heterocycles. The Balaban J connectivity index is 0.000000187. The Bertz CT molecular complexity index is 1820. The first-order valence-electron chi connectivity index (χ1n) is 13.3. The van der Waals surface area contributed by atoms with Crippen molar-refractivity contribution in [3.63, 3.8) is 0 Å². The third kappa shape index (κ3) is 5.18. The number of phenols is 1. The topological polar surface area (TPSA) is 46.0 Å². The van der Waals surface area contributed by atoms with E-state index in [9.17, 15) is 5.11 Å². The van der Waals surface area contributed by atoms with Gasteiger partial charge >= 0.3 is 0 Å². The lowest BCUT2D eigenvalue weighted by molar-refractivity contribution is 0.477. The van der Waals surface area contributed by atoms with E-state index in [0.29, 0.717) is 5.75 Å². The summed E-state index contributed by atoms with van der Waals surface area (Å²) in [7, 11) is 0.